The van der Waals surface area contributed by atoms with Gasteiger partial charge in [0.2, 0.25) is 0 Å². The van der Waals surface area contributed by atoms with Crippen LogP contribution in [0.25, 0.3) is 0 Å². The van der Waals surface area contributed by atoms with Crippen LogP contribution in [0.2, 0.25) is 0 Å². The van der Waals surface area contributed by atoms with Crippen molar-refractivity contribution in [3.63, 3.8) is 0 Å². The number of para-hydroxylation sites is 1. The van der Waals surface area contributed by atoms with Gasteiger partial charge in [0.05, 0.1) is 17.6 Å². The van der Waals surface area contributed by atoms with Crippen molar-refractivity contribution in [2.75, 3.05) is 0 Å². The first-order valence-corrected chi connectivity index (χ1v) is 7.27. The molecule has 0 aliphatic rings. The standard InChI is InChI=1S/C14H14N2.C5H8O2.Rh/c1-11-6-5-7-12(2)14(11)16-10-13-8-3-4-9-15-13;1-4(6)3-5(2)7;/h3-10H,1-2H3;3,6H,1-2H3;/p-1/b;4-3-;. The minimum atomic E-state index is -0.187. The largest absolute Gasteiger partial charge is 0.876 e. The molecule has 4 nitrogen and oxygen atoms in total. The predicted molar refractivity (Wildman–Crippen MR) is 91.8 cm³/mol. The Morgan fingerprint density at radius 2 is 1.71 bits per heavy atom. The van der Waals surface area contributed by atoms with Crippen molar-refractivity contribution in [2.45, 2.75) is 27.7 Å². The van der Waals surface area contributed by atoms with E-state index >= 15 is 0 Å². The number of nitrogens with zero attached hydrogens (tertiary/aromatic N) is 2. The molecule has 1 aromatic heterocycles. The van der Waals surface area contributed by atoms with Crippen molar-refractivity contribution in [1.82, 2.24) is 4.98 Å². The zero-order chi connectivity index (χ0) is 17.2. The van der Waals surface area contributed by atoms with Crippen LogP contribution in [-0.4, -0.2) is 17.0 Å². The van der Waals surface area contributed by atoms with Gasteiger partial charge in [-0.3, -0.25) is 14.8 Å². The van der Waals surface area contributed by atoms with Crippen LogP contribution in [0.3, 0.4) is 0 Å². The van der Waals surface area contributed by atoms with E-state index in [-0.39, 0.29) is 31.0 Å². The summed E-state index contributed by atoms with van der Waals surface area (Å²) in [6.07, 6.45) is 4.63. The molecule has 0 atom stereocenters. The van der Waals surface area contributed by atoms with E-state index < -0.39 is 0 Å². The third kappa shape index (κ3) is 8.49. The Kier molecular flexibility index (Phi) is 10.4. The summed E-state index contributed by atoms with van der Waals surface area (Å²) < 4.78 is 0. The van der Waals surface area contributed by atoms with Crippen LogP contribution in [0, 0.1) is 13.8 Å². The fourth-order valence-electron chi connectivity index (χ4n) is 1.88. The molecule has 0 fully saturated rings. The van der Waals surface area contributed by atoms with Gasteiger partial charge in [-0.25, -0.2) is 0 Å². The van der Waals surface area contributed by atoms with Gasteiger partial charge in [0, 0.05) is 25.7 Å². The molecule has 2 rings (SSSR count). The van der Waals surface area contributed by atoms with Gasteiger partial charge in [0.25, 0.3) is 0 Å². The number of rotatable bonds is 3. The van der Waals surface area contributed by atoms with Gasteiger partial charge in [0.1, 0.15) is 0 Å². The summed E-state index contributed by atoms with van der Waals surface area (Å²) >= 11 is 0. The molecule has 2 aromatic rings. The van der Waals surface area contributed by atoms with E-state index in [1.165, 1.54) is 25.0 Å². The molecule has 0 aliphatic carbocycles. The van der Waals surface area contributed by atoms with Gasteiger partial charge in [-0.15, -0.1) is 5.76 Å². The van der Waals surface area contributed by atoms with Gasteiger partial charge < -0.3 is 5.11 Å². The monoisotopic (exact) mass is 412 g/mol. The summed E-state index contributed by atoms with van der Waals surface area (Å²) in [5, 5.41) is 9.98. The summed E-state index contributed by atoms with van der Waals surface area (Å²) in [6.45, 7) is 6.83. The van der Waals surface area contributed by atoms with Crippen LogP contribution in [-0.2, 0) is 24.3 Å². The number of carbonyl (C=O) groups is 1. The quantitative estimate of drug-likeness (QED) is 0.336. The maximum atomic E-state index is 9.98. The van der Waals surface area contributed by atoms with Crippen LogP contribution in [0.5, 0.6) is 0 Å². The third-order valence-electron chi connectivity index (χ3n) is 2.86. The number of pyridine rings is 1. The molecule has 24 heavy (non-hydrogen) atoms. The van der Waals surface area contributed by atoms with Crippen LogP contribution < -0.4 is 5.11 Å². The maximum Gasteiger partial charge on any atom is 0.151 e. The maximum absolute atomic E-state index is 9.98. The van der Waals surface area contributed by atoms with Gasteiger partial charge in [-0.2, -0.15) is 0 Å². The van der Waals surface area contributed by atoms with E-state index in [0.717, 1.165) is 17.5 Å². The number of aromatic nitrogens is 1. The van der Waals surface area contributed by atoms with E-state index in [0.29, 0.717) is 0 Å². The predicted octanol–water partition coefficient (Wildman–Crippen LogP) is 3.29. The first kappa shape index (κ1) is 21.9. The second kappa shape index (κ2) is 11.4. The van der Waals surface area contributed by atoms with Crippen molar-refractivity contribution < 1.29 is 29.4 Å². The Hall–Kier alpha value is -2.13. The molecular formula is C19H21N2O2Rh-. The summed E-state index contributed by atoms with van der Waals surface area (Å²) in [5.41, 5.74) is 4.29. The van der Waals surface area contributed by atoms with Gasteiger partial charge >= 0.3 is 0 Å². The summed E-state index contributed by atoms with van der Waals surface area (Å²) in [6, 6.07) is 12.0. The smallest absolute Gasteiger partial charge is 0.151 e. The van der Waals surface area contributed by atoms with Crippen molar-refractivity contribution in [1.29, 1.82) is 0 Å². The Morgan fingerprint density at radius 3 is 2.12 bits per heavy atom. The molecule has 5 heteroatoms. The van der Waals surface area contributed by atoms with Gasteiger partial charge in [-0.1, -0.05) is 31.2 Å². The Labute approximate surface area is 156 Å². The molecule has 0 saturated carbocycles. The average molecular weight is 412 g/mol. The summed E-state index contributed by atoms with van der Waals surface area (Å²) in [4.78, 5) is 18.7. The molecule has 0 unspecified atom stereocenters. The second-order valence-corrected chi connectivity index (χ2v) is 5.12. The number of carbonyl (C=O) groups excluding carboxylic acids is 1. The number of benzene rings is 1. The Balaban J connectivity index is 0.000000570. The fourth-order valence-corrected chi connectivity index (χ4v) is 1.88. The van der Waals surface area contributed by atoms with E-state index in [2.05, 4.69) is 36.0 Å². The average Bonchev–Trinajstić information content (AvgIpc) is 2.47. The molecule has 1 radical (unpaired) electrons. The third-order valence-corrected chi connectivity index (χ3v) is 2.86. The minimum Gasteiger partial charge on any atom is -0.876 e. The number of hydrogen-bond acceptors (Lipinski definition) is 4. The normalized spacial score (nSPS) is 10.6. The molecule has 0 N–H and O–H groups in total. The molecule has 1 aromatic carbocycles. The Morgan fingerprint density at radius 1 is 1.08 bits per heavy atom. The molecule has 0 bridgehead atoms. The van der Waals surface area contributed by atoms with Crippen LogP contribution in [0.1, 0.15) is 30.7 Å². The van der Waals surface area contributed by atoms with Crippen LogP contribution >= 0.6 is 0 Å². The van der Waals surface area contributed by atoms with Crippen molar-refractivity contribution >= 4 is 17.7 Å². The number of hydrogen-bond donors (Lipinski definition) is 0. The van der Waals surface area contributed by atoms with Crippen molar-refractivity contribution in [3.05, 3.63) is 71.3 Å². The fraction of sp³-hybridized carbons (Fsp3) is 0.211. The van der Waals surface area contributed by atoms with Gasteiger partial charge in [0.15, 0.2) is 5.78 Å². The molecule has 1 heterocycles. The minimum absolute atomic E-state index is 0. The second-order valence-electron chi connectivity index (χ2n) is 5.12. The van der Waals surface area contributed by atoms with E-state index in [4.69, 9.17) is 0 Å². The summed E-state index contributed by atoms with van der Waals surface area (Å²) in [5.74, 6) is -0.375. The first-order chi connectivity index (χ1) is 10.9. The number of allylic oxidation sites excluding steroid dienone is 2. The number of aliphatic imine (C=N–C) groups is 1. The molecule has 0 amide bonds. The molecule has 0 spiro atoms. The van der Waals surface area contributed by atoms with E-state index in [9.17, 15) is 9.90 Å². The van der Waals surface area contributed by atoms with Crippen LogP contribution in [0.4, 0.5) is 5.69 Å². The molecule has 0 saturated heterocycles. The summed E-state index contributed by atoms with van der Waals surface area (Å²) in [7, 11) is 0. The first-order valence-electron chi connectivity index (χ1n) is 7.27. The van der Waals surface area contributed by atoms with E-state index in [1.54, 1.807) is 12.4 Å². The van der Waals surface area contributed by atoms with Crippen molar-refractivity contribution in [3.8, 4) is 0 Å². The number of aryl methyl sites for hydroxylation is 2. The van der Waals surface area contributed by atoms with Gasteiger partial charge in [-0.05, 0) is 50.1 Å². The molecule has 0 aliphatic heterocycles. The zero-order valence-electron chi connectivity index (χ0n) is 14.2. The SMILES string of the molecule is CC(=O)/C=C(/C)[O-].Cc1cccc(C)c1N=Cc1ccccn1.[Rh]. The topological polar surface area (TPSA) is 65.4 Å². The molecular weight excluding hydrogens is 391 g/mol. The van der Waals surface area contributed by atoms with E-state index in [1.807, 2.05) is 24.3 Å². The van der Waals surface area contributed by atoms with Crippen LogP contribution in [0.15, 0.2) is 59.4 Å². The molecule has 129 valence electrons. The number of ketones is 1. The zero-order valence-corrected chi connectivity index (χ0v) is 15.9. The Bertz CT molecular complexity index is 686. The van der Waals surface area contributed by atoms with Crippen molar-refractivity contribution in [2.24, 2.45) is 4.99 Å².